The predicted molar refractivity (Wildman–Crippen MR) is 74.4 cm³/mol. The summed E-state index contributed by atoms with van der Waals surface area (Å²) in [6.07, 6.45) is 3.07. The average Bonchev–Trinajstić information content (AvgIpc) is 2.89. The second kappa shape index (κ2) is 4.30. The molecule has 94 valence electrons. The largest absolute Gasteiger partial charge is 0.327 e. The van der Waals surface area contributed by atoms with Gasteiger partial charge in [-0.1, -0.05) is 11.6 Å². The second-order valence-electron chi connectivity index (χ2n) is 4.48. The molecule has 0 spiro atoms. The fourth-order valence-corrected chi connectivity index (χ4v) is 2.36. The molecule has 0 aliphatic heterocycles. The van der Waals surface area contributed by atoms with E-state index in [4.69, 9.17) is 11.6 Å². The normalized spacial score (nSPS) is 11.7. The maximum absolute atomic E-state index is 6.11. The highest BCUT2D eigenvalue weighted by Gasteiger charge is 2.11. The number of halogens is 1. The number of hydrogen-bond acceptors (Lipinski definition) is 2. The van der Waals surface area contributed by atoms with Crippen LogP contribution >= 0.6 is 11.6 Å². The van der Waals surface area contributed by atoms with Gasteiger partial charge in [-0.05, 0) is 31.7 Å². The third-order valence-electron chi connectivity index (χ3n) is 3.25. The average molecular weight is 263 g/mol. The summed E-state index contributed by atoms with van der Waals surface area (Å²) in [4.78, 5) is 7.94. The number of aromatic amines is 1. The van der Waals surface area contributed by atoms with Crippen LogP contribution < -0.4 is 5.32 Å². The third kappa shape index (κ3) is 1.69. The molecule has 0 aliphatic rings. The molecule has 1 aromatic carbocycles. The van der Waals surface area contributed by atoms with Crippen LogP contribution in [0.4, 0.5) is 0 Å². The lowest BCUT2D eigenvalue weighted by atomic mass is 10.2. The number of imidazole rings is 2. The number of likely N-dealkylation sites (N-methyl/N-ethyl adjacent to an activating group) is 1. The van der Waals surface area contributed by atoms with Crippen LogP contribution in [0.15, 0.2) is 18.3 Å². The molecule has 0 fully saturated rings. The number of H-pyrrole nitrogens is 1. The summed E-state index contributed by atoms with van der Waals surface area (Å²) in [7, 11) is 1.95. The summed E-state index contributed by atoms with van der Waals surface area (Å²) < 4.78 is 2.09. The minimum Gasteiger partial charge on any atom is -0.327 e. The standard InChI is InChI=1S/C13H15ClN4/c1-8-10(14)3-4-11-12(8)17-13-16-9(5-6-15-2)7-18(11)13/h3-4,7,15H,5-6H2,1-2H3,(H,16,17). The van der Waals surface area contributed by atoms with E-state index in [1.165, 1.54) is 5.69 Å². The zero-order valence-corrected chi connectivity index (χ0v) is 11.2. The SMILES string of the molecule is CNCCc1cn2c(nc3c(C)c(Cl)ccc32)[nH]1. The van der Waals surface area contributed by atoms with Crippen LogP contribution in [0.1, 0.15) is 11.3 Å². The van der Waals surface area contributed by atoms with Gasteiger partial charge in [-0.25, -0.2) is 4.98 Å². The second-order valence-corrected chi connectivity index (χ2v) is 4.89. The van der Waals surface area contributed by atoms with Gasteiger partial charge in [-0.15, -0.1) is 0 Å². The summed E-state index contributed by atoms with van der Waals surface area (Å²) in [5, 5.41) is 3.90. The van der Waals surface area contributed by atoms with Crippen molar-refractivity contribution in [3.05, 3.63) is 34.6 Å². The highest BCUT2D eigenvalue weighted by atomic mass is 35.5. The van der Waals surface area contributed by atoms with Crippen LogP contribution in [-0.4, -0.2) is 28.0 Å². The van der Waals surface area contributed by atoms with Gasteiger partial charge in [0.15, 0.2) is 0 Å². The van der Waals surface area contributed by atoms with Gasteiger partial charge in [-0.3, -0.25) is 4.40 Å². The summed E-state index contributed by atoms with van der Waals surface area (Å²) in [5.74, 6) is 0.876. The Morgan fingerprint density at radius 1 is 1.44 bits per heavy atom. The maximum atomic E-state index is 6.11. The fourth-order valence-electron chi connectivity index (χ4n) is 2.21. The Balaban J connectivity index is 2.16. The van der Waals surface area contributed by atoms with Crippen LogP contribution in [0.2, 0.25) is 5.02 Å². The summed E-state index contributed by atoms with van der Waals surface area (Å²) in [5.41, 5.74) is 4.28. The Kier molecular flexibility index (Phi) is 2.76. The van der Waals surface area contributed by atoms with Gasteiger partial charge in [-0.2, -0.15) is 0 Å². The van der Waals surface area contributed by atoms with Crippen molar-refractivity contribution in [1.29, 1.82) is 0 Å². The van der Waals surface area contributed by atoms with E-state index in [0.29, 0.717) is 0 Å². The van der Waals surface area contributed by atoms with E-state index in [2.05, 4.69) is 25.9 Å². The molecular formula is C13H15ClN4. The van der Waals surface area contributed by atoms with Crippen molar-refractivity contribution in [2.24, 2.45) is 0 Å². The van der Waals surface area contributed by atoms with Crippen molar-refractivity contribution < 1.29 is 0 Å². The lowest BCUT2D eigenvalue weighted by Crippen LogP contribution is -2.10. The van der Waals surface area contributed by atoms with Gasteiger partial charge >= 0.3 is 0 Å². The molecule has 0 saturated carbocycles. The number of nitrogens with zero attached hydrogens (tertiary/aromatic N) is 2. The smallest absolute Gasteiger partial charge is 0.212 e. The molecule has 3 aromatic rings. The quantitative estimate of drug-likeness (QED) is 0.762. The van der Waals surface area contributed by atoms with Crippen molar-refractivity contribution in [2.45, 2.75) is 13.3 Å². The van der Waals surface area contributed by atoms with Crippen LogP contribution in [0.25, 0.3) is 16.8 Å². The van der Waals surface area contributed by atoms with Crippen molar-refractivity contribution in [3.63, 3.8) is 0 Å². The Hall–Kier alpha value is -1.52. The van der Waals surface area contributed by atoms with E-state index in [9.17, 15) is 0 Å². The summed E-state index contributed by atoms with van der Waals surface area (Å²) in [6.45, 7) is 2.95. The Morgan fingerprint density at radius 2 is 2.28 bits per heavy atom. The molecule has 0 amide bonds. The van der Waals surface area contributed by atoms with Gasteiger partial charge in [0.1, 0.15) is 0 Å². The first-order chi connectivity index (χ1) is 8.70. The molecule has 2 aromatic heterocycles. The van der Waals surface area contributed by atoms with Crippen molar-refractivity contribution in [3.8, 4) is 0 Å². The topological polar surface area (TPSA) is 45.1 Å². The van der Waals surface area contributed by atoms with Crippen LogP contribution in [0.3, 0.4) is 0 Å². The number of hydrogen-bond donors (Lipinski definition) is 2. The van der Waals surface area contributed by atoms with E-state index < -0.39 is 0 Å². The molecule has 0 atom stereocenters. The minimum atomic E-state index is 0.763. The predicted octanol–water partition coefficient (Wildman–Crippen LogP) is 2.54. The summed E-state index contributed by atoms with van der Waals surface area (Å²) >= 11 is 6.11. The molecule has 2 heterocycles. The van der Waals surface area contributed by atoms with Crippen LogP contribution in [0.5, 0.6) is 0 Å². The van der Waals surface area contributed by atoms with Crippen LogP contribution in [0, 0.1) is 6.92 Å². The lowest BCUT2D eigenvalue weighted by Gasteiger charge is -1.98. The first-order valence-electron chi connectivity index (χ1n) is 6.00. The number of nitrogens with one attached hydrogen (secondary N) is 2. The van der Waals surface area contributed by atoms with Crippen molar-refractivity contribution in [1.82, 2.24) is 19.7 Å². The fraction of sp³-hybridized carbons (Fsp3) is 0.308. The van der Waals surface area contributed by atoms with E-state index in [-0.39, 0.29) is 0 Å². The maximum Gasteiger partial charge on any atom is 0.212 e. The van der Waals surface area contributed by atoms with E-state index in [0.717, 1.165) is 40.4 Å². The van der Waals surface area contributed by atoms with Gasteiger partial charge in [0.05, 0.1) is 11.0 Å². The van der Waals surface area contributed by atoms with Crippen LogP contribution in [-0.2, 0) is 6.42 Å². The zero-order valence-electron chi connectivity index (χ0n) is 10.4. The zero-order chi connectivity index (χ0) is 12.7. The summed E-state index contributed by atoms with van der Waals surface area (Å²) in [6, 6.07) is 3.94. The molecule has 5 heteroatoms. The molecule has 0 unspecified atom stereocenters. The molecule has 2 N–H and O–H groups in total. The number of aromatic nitrogens is 3. The minimum absolute atomic E-state index is 0.763. The van der Waals surface area contributed by atoms with Gasteiger partial charge in [0.25, 0.3) is 0 Å². The highest BCUT2D eigenvalue weighted by molar-refractivity contribution is 6.32. The molecule has 18 heavy (non-hydrogen) atoms. The highest BCUT2D eigenvalue weighted by Crippen LogP contribution is 2.25. The first kappa shape index (κ1) is 11.6. The van der Waals surface area contributed by atoms with E-state index >= 15 is 0 Å². The number of benzene rings is 1. The Labute approximate surface area is 110 Å². The van der Waals surface area contributed by atoms with Gasteiger partial charge < -0.3 is 10.3 Å². The molecule has 3 rings (SSSR count). The molecule has 0 radical (unpaired) electrons. The first-order valence-corrected chi connectivity index (χ1v) is 6.38. The lowest BCUT2D eigenvalue weighted by molar-refractivity contribution is 0.780. The Morgan fingerprint density at radius 3 is 3.06 bits per heavy atom. The molecule has 0 bridgehead atoms. The number of aryl methyl sites for hydroxylation is 1. The number of fused-ring (bicyclic) bond motifs is 3. The molecule has 4 nitrogen and oxygen atoms in total. The molecule has 0 saturated heterocycles. The van der Waals surface area contributed by atoms with Gasteiger partial charge in [0, 0.05) is 29.9 Å². The van der Waals surface area contributed by atoms with Crippen molar-refractivity contribution >= 4 is 28.4 Å². The Bertz CT molecular complexity index is 710. The van der Waals surface area contributed by atoms with E-state index in [1.54, 1.807) is 0 Å². The van der Waals surface area contributed by atoms with Gasteiger partial charge in [0.2, 0.25) is 5.78 Å². The van der Waals surface area contributed by atoms with Crippen molar-refractivity contribution in [2.75, 3.05) is 13.6 Å². The monoisotopic (exact) mass is 262 g/mol. The molecule has 0 aliphatic carbocycles. The van der Waals surface area contributed by atoms with E-state index in [1.807, 2.05) is 26.1 Å². The number of rotatable bonds is 3. The molecular weight excluding hydrogens is 248 g/mol. The third-order valence-corrected chi connectivity index (χ3v) is 3.66.